The molecule has 110 valence electrons. The molecule has 1 atom stereocenters. The van der Waals surface area contributed by atoms with Gasteiger partial charge in [-0.3, -0.25) is 9.48 Å². The molecule has 2 aliphatic rings. The molecule has 0 radical (unpaired) electrons. The molecule has 1 aliphatic carbocycles. The molecule has 1 unspecified atom stereocenters. The molecule has 1 aliphatic heterocycles. The van der Waals surface area contributed by atoms with E-state index in [9.17, 15) is 4.79 Å². The molecule has 1 amide bonds. The maximum atomic E-state index is 12.1. The van der Waals surface area contributed by atoms with Crippen molar-refractivity contribution in [1.82, 2.24) is 20.4 Å². The summed E-state index contributed by atoms with van der Waals surface area (Å²) in [6.45, 7) is 2.54. The van der Waals surface area contributed by atoms with Crippen LogP contribution in [0.25, 0.3) is 0 Å². The quantitative estimate of drug-likeness (QED) is 0.707. The monoisotopic (exact) mass is 278 g/mol. The summed E-state index contributed by atoms with van der Waals surface area (Å²) in [7, 11) is 0. The minimum Gasteiger partial charge on any atom is -0.394 e. The number of nitrogens with zero attached hydrogens (tertiary/aromatic N) is 2. The Labute approximate surface area is 118 Å². The van der Waals surface area contributed by atoms with Crippen molar-refractivity contribution in [2.45, 2.75) is 38.3 Å². The molecular formula is C14H22N4O2. The molecule has 0 spiro atoms. The Bertz CT molecular complexity index is 482. The zero-order valence-electron chi connectivity index (χ0n) is 11.6. The summed E-state index contributed by atoms with van der Waals surface area (Å²) in [6.07, 6.45) is 5.48. The smallest absolute Gasteiger partial charge is 0.220 e. The summed E-state index contributed by atoms with van der Waals surface area (Å²) >= 11 is 0. The lowest BCUT2D eigenvalue weighted by Gasteiger charge is -2.28. The number of aromatic nitrogens is 2. The summed E-state index contributed by atoms with van der Waals surface area (Å²) in [5.41, 5.74) is 2.30. The third-order valence-electron chi connectivity index (χ3n) is 4.25. The molecule has 1 fully saturated rings. The van der Waals surface area contributed by atoms with Gasteiger partial charge in [-0.1, -0.05) is 0 Å². The number of carbonyl (C=O) groups is 1. The lowest BCUT2D eigenvalue weighted by molar-refractivity contribution is -0.123. The predicted octanol–water partition coefficient (Wildman–Crippen LogP) is -0.0215. The number of carbonyl (C=O) groups excluding carboxylic acids is 1. The van der Waals surface area contributed by atoms with Crippen molar-refractivity contribution in [2.24, 2.45) is 5.92 Å². The second-order valence-corrected chi connectivity index (χ2v) is 5.73. The van der Waals surface area contributed by atoms with Crippen LogP contribution in [-0.2, 0) is 17.8 Å². The Hall–Kier alpha value is -1.40. The molecule has 0 bridgehead atoms. The van der Waals surface area contributed by atoms with Gasteiger partial charge in [-0.15, -0.1) is 0 Å². The van der Waals surface area contributed by atoms with Crippen LogP contribution in [0.5, 0.6) is 0 Å². The van der Waals surface area contributed by atoms with E-state index in [2.05, 4.69) is 15.7 Å². The van der Waals surface area contributed by atoms with Crippen LogP contribution in [0.1, 0.15) is 36.6 Å². The van der Waals surface area contributed by atoms with Gasteiger partial charge in [0.1, 0.15) is 0 Å². The van der Waals surface area contributed by atoms with Gasteiger partial charge in [0.25, 0.3) is 0 Å². The molecule has 6 nitrogen and oxygen atoms in total. The average molecular weight is 278 g/mol. The number of nitrogens with one attached hydrogen (secondary N) is 2. The van der Waals surface area contributed by atoms with E-state index in [1.807, 2.05) is 10.9 Å². The van der Waals surface area contributed by atoms with Crippen LogP contribution in [0, 0.1) is 5.92 Å². The number of rotatable bonds is 5. The molecular weight excluding hydrogens is 256 g/mol. The third kappa shape index (κ3) is 2.71. The summed E-state index contributed by atoms with van der Waals surface area (Å²) < 4.78 is 1.86. The normalized spacial score (nSPS) is 22.1. The molecule has 0 aromatic carbocycles. The maximum absolute atomic E-state index is 12.1. The summed E-state index contributed by atoms with van der Waals surface area (Å²) in [6, 6.07) is 0.0896. The number of aliphatic hydroxyl groups excluding tert-OH is 1. The van der Waals surface area contributed by atoms with Gasteiger partial charge in [-0.05, 0) is 38.3 Å². The number of fused-ring (bicyclic) bond motifs is 1. The van der Waals surface area contributed by atoms with E-state index in [1.165, 1.54) is 5.69 Å². The van der Waals surface area contributed by atoms with Crippen LogP contribution in [0.2, 0.25) is 0 Å². The van der Waals surface area contributed by atoms with Crippen molar-refractivity contribution < 1.29 is 9.90 Å². The third-order valence-corrected chi connectivity index (χ3v) is 4.25. The molecule has 1 aromatic rings. The fourth-order valence-electron chi connectivity index (χ4n) is 3.06. The highest BCUT2D eigenvalue weighted by Crippen LogP contribution is 2.29. The van der Waals surface area contributed by atoms with Gasteiger partial charge in [0, 0.05) is 17.7 Å². The van der Waals surface area contributed by atoms with Crippen molar-refractivity contribution in [3.8, 4) is 0 Å². The minimum absolute atomic E-state index is 0.0896. The topological polar surface area (TPSA) is 79.2 Å². The minimum atomic E-state index is 0.0896. The van der Waals surface area contributed by atoms with Crippen molar-refractivity contribution in [2.75, 3.05) is 19.7 Å². The van der Waals surface area contributed by atoms with Gasteiger partial charge in [-0.25, -0.2) is 0 Å². The van der Waals surface area contributed by atoms with Crippen LogP contribution in [-0.4, -0.2) is 40.5 Å². The van der Waals surface area contributed by atoms with E-state index < -0.39 is 0 Å². The summed E-state index contributed by atoms with van der Waals surface area (Å²) in [5, 5.41) is 19.7. The average Bonchev–Trinajstić information content (AvgIpc) is 2.79. The van der Waals surface area contributed by atoms with Gasteiger partial charge in [-0.2, -0.15) is 5.10 Å². The largest absolute Gasteiger partial charge is 0.394 e. The highest BCUT2D eigenvalue weighted by atomic mass is 16.3. The van der Waals surface area contributed by atoms with Crippen LogP contribution in [0.4, 0.5) is 0 Å². The van der Waals surface area contributed by atoms with Crippen LogP contribution in [0.3, 0.4) is 0 Å². The second kappa shape index (κ2) is 5.93. The van der Waals surface area contributed by atoms with E-state index >= 15 is 0 Å². The van der Waals surface area contributed by atoms with Crippen molar-refractivity contribution in [3.63, 3.8) is 0 Å². The van der Waals surface area contributed by atoms with Gasteiger partial charge in [0.15, 0.2) is 0 Å². The highest BCUT2D eigenvalue weighted by Gasteiger charge is 2.27. The number of amides is 1. The zero-order valence-corrected chi connectivity index (χ0v) is 11.6. The molecule has 1 saturated heterocycles. The number of hydrogen-bond acceptors (Lipinski definition) is 4. The Morgan fingerprint density at radius 3 is 3.10 bits per heavy atom. The zero-order chi connectivity index (χ0) is 13.9. The molecule has 0 saturated carbocycles. The van der Waals surface area contributed by atoms with Gasteiger partial charge < -0.3 is 15.7 Å². The van der Waals surface area contributed by atoms with E-state index in [4.69, 9.17) is 5.11 Å². The predicted molar refractivity (Wildman–Crippen MR) is 74.1 cm³/mol. The Balaban J connectivity index is 1.65. The van der Waals surface area contributed by atoms with Crippen LogP contribution in [0.15, 0.2) is 6.20 Å². The SMILES string of the molecule is O=C(CC1CNC1)NC1CCCc2c1cnn2CCO. The molecule has 3 N–H and O–H groups in total. The fourth-order valence-corrected chi connectivity index (χ4v) is 3.06. The van der Waals surface area contributed by atoms with Crippen LogP contribution < -0.4 is 10.6 Å². The fraction of sp³-hybridized carbons (Fsp3) is 0.714. The van der Waals surface area contributed by atoms with Gasteiger partial charge in [0.05, 0.1) is 25.4 Å². The second-order valence-electron chi connectivity index (χ2n) is 5.73. The molecule has 20 heavy (non-hydrogen) atoms. The Morgan fingerprint density at radius 1 is 1.55 bits per heavy atom. The van der Waals surface area contributed by atoms with E-state index in [-0.39, 0.29) is 18.6 Å². The lowest BCUT2D eigenvalue weighted by Crippen LogP contribution is -2.45. The lowest BCUT2D eigenvalue weighted by atomic mass is 9.92. The van der Waals surface area contributed by atoms with E-state index in [1.54, 1.807) is 0 Å². The standard InChI is InChI=1S/C14H22N4O2/c19-5-4-18-13-3-1-2-12(11(13)9-16-18)17-14(20)6-10-7-15-8-10/h9-10,12,15,19H,1-8H2,(H,17,20). The van der Waals surface area contributed by atoms with Crippen LogP contribution >= 0.6 is 0 Å². The van der Waals surface area contributed by atoms with E-state index in [0.29, 0.717) is 18.9 Å². The molecule has 6 heteroatoms. The molecule has 1 aromatic heterocycles. The number of hydrogen-bond donors (Lipinski definition) is 3. The van der Waals surface area contributed by atoms with Crippen molar-refractivity contribution >= 4 is 5.91 Å². The maximum Gasteiger partial charge on any atom is 0.220 e. The summed E-state index contributed by atoms with van der Waals surface area (Å²) in [5.74, 6) is 0.638. The number of aliphatic hydroxyl groups is 1. The molecule has 2 heterocycles. The van der Waals surface area contributed by atoms with Gasteiger partial charge in [0.2, 0.25) is 5.91 Å². The molecule has 3 rings (SSSR count). The van der Waals surface area contributed by atoms with Gasteiger partial charge >= 0.3 is 0 Å². The first-order valence-corrected chi connectivity index (χ1v) is 7.43. The highest BCUT2D eigenvalue weighted by molar-refractivity contribution is 5.77. The van der Waals surface area contributed by atoms with E-state index in [0.717, 1.165) is 37.9 Å². The first-order valence-electron chi connectivity index (χ1n) is 7.43. The first kappa shape index (κ1) is 13.6. The Kier molecular flexibility index (Phi) is 4.03. The first-order chi connectivity index (χ1) is 9.78. The summed E-state index contributed by atoms with van der Waals surface area (Å²) in [4.78, 5) is 12.1. The Morgan fingerprint density at radius 2 is 2.40 bits per heavy atom. The van der Waals surface area contributed by atoms with Crippen molar-refractivity contribution in [1.29, 1.82) is 0 Å². The van der Waals surface area contributed by atoms with Crippen molar-refractivity contribution in [3.05, 3.63) is 17.5 Å².